The van der Waals surface area contributed by atoms with Crippen LogP contribution in [0.5, 0.6) is 5.75 Å². The topological polar surface area (TPSA) is 73.1 Å². The quantitative estimate of drug-likeness (QED) is 0.448. The van der Waals surface area contributed by atoms with Crippen molar-refractivity contribution in [3.8, 4) is 11.8 Å². The molecule has 0 unspecified atom stereocenters. The Morgan fingerprint density at radius 1 is 1.18 bits per heavy atom. The maximum absolute atomic E-state index is 12.2. The number of anilines is 1. The molecule has 108 valence electrons. The van der Waals surface area contributed by atoms with Crippen molar-refractivity contribution in [1.29, 1.82) is 5.26 Å². The molecule has 0 fully saturated rings. The van der Waals surface area contributed by atoms with Gasteiger partial charge >= 0.3 is 0 Å². The first kappa shape index (κ1) is 15.3. The van der Waals surface area contributed by atoms with E-state index in [0.29, 0.717) is 16.8 Å². The first-order valence-corrected chi connectivity index (χ1v) is 8.41. The fourth-order valence-electron chi connectivity index (χ4n) is 2.24. The first-order chi connectivity index (χ1) is 10.5. The maximum atomic E-state index is 12.2. The van der Waals surface area contributed by atoms with Gasteiger partial charge in [0.2, 0.25) is 0 Å². The van der Waals surface area contributed by atoms with Crippen molar-refractivity contribution < 1.29 is 9.90 Å². The number of hydrogen-bond donors (Lipinski definition) is 2. The predicted molar refractivity (Wildman–Crippen MR) is 101 cm³/mol. The highest BCUT2D eigenvalue weighted by atomic mass is 127. The molecular formula is C16H8I2N2O2. The number of halogens is 2. The van der Waals surface area contributed by atoms with Gasteiger partial charge in [0.1, 0.15) is 5.75 Å². The number of aromatic hydroxyl groups is 1. The van der Waals surface area contributed by atoms with Gasteiger partial charge in [-0.25, -0.2) is 0 Å². The monoisotopic (exact) mass is 514 g/mol. The third kappa shape index (κ3) is 2.70. The molecule has 6 heteroatoms. The third-order valence-corrected chi connectivity index (χ3v) is 4.93. The van der Waals surface area contributed by atoms with Gasteiger partial charge < -0.3 is 10.4 Å². The summed E-state index contributed by atoms with van der Waals surface area (Å²) >= 11 is 4.11. The van der Waals surface area contributed by atoms with E-state index in [9.17, 15) is 9.90 Å². The Labute approximate surface area is 154 Å². The first-order valence-electron chi connectivity index (χ1n) is 6.25. The van der Waals surface area contributed by atoms with E-state index in [1.54, 1.807) is 24.3 Å². The zero-order valence-electron chi connectivity index (χ0n) is 11.0. The number of phenolic OH excluding ortho intramolecular Hbond substituents is 1. The van der Waals surface area contributed by atoms with E-state index in [-0.39, 0.29) is 11.7 Å². The van der Waals surface area contributed by atoms with Crippen LogP contribution in [0.15, 0.2) is 30.3 Å². The zero-order chi connectivity index (χ0) is 15.9. The van der Waals surface area contributed by atoms with Crippen LogP contribution in [0.1, 0.15) is 16.7 Å². The summed E-state index contributed by atoms with van der Waals surface area (Å²) in [7, 11) is 0. The molecule has 0 bridgehead atoms. The van der Waals surface area contributed by atoms with Crippen molar-refractivity contribution >= 4 is 68.4 Å². The largest absolute Gasteiger partial charge is 0.506 e. The lowest BCUT2D eigenvalue weighted by Gasteiger charge is -2.04. The van der Waals surface area contributed by atoms with Crippen molar-refractivity contribution in [3.05, 3.63) is 54.2 Å². The third-order valence-electron chi connectivity index (χ3n) is 3.28. The number of carbonyl (C=O) groups is 1. The van der Waals surface area contributed by atoms with Crippen LogP contribution in [0.4, 0.5) is 5.69 Å². The Kier molecular flexibility index (Phi) is 4.10. The summed E-state index contributed by atoms with van der Waals surface area (Å²) in [5.74, 6) is 0.0569. The summed E-state index contributed by atoms with van der Waals surface area (Å²) in [6.07, 6.45) is 1.79. The molecule has 22 heavy (non-hydrogen) atoms. The molecule has 0 spiro atoms. The van der Waals surface area contributed by atoms with Crippen LogP contribution in [0.3, 0.4) is 0 Å². The summed E-state index contributed by atoms with van der Waals surface area (Å²) in [6, 6.07) is 10.8. The van der Waals surface area contributed by atoms with E-state index in [1.807, 2.05) is 12.1 Å². The number of nitrogens with zero attached hydrogens (tertiary/aromatic N) is 1. The van der Waals surface area contributed by atoms with Gasteiger partial charge in [0.05, 0.1) is 24.5 Å². The number of amides is 1. The molecule has 2 aromatic rings. The minimum absolute atomic E-state index is 0.191. The lowest BCUT2D eigenvalue weighted by molar-refractivity contribution is -0.110. The summed E-state index contributed by atoms with van der Waals surface area (Å²) in [5, 5.41) is 21.5. The summed E-state index contributed by atoms with van der Waals surface area (Å²) in [5.41, 5.74) is 3.33. The number of nitriles is 1. The Morgan fingerprint density at radius 2 is 1.86 bits per heavy atom. The summed E-state index contributed by atoms with van der Waals surface area (Å²) in [6.45, 7) is 0. The molecule has 0 radical (unpaired) electrons. The van der Waals surface area contributed by atoms with Crippen LogP contribution in [0, 0.1) is 18.5 Å². The van der Waals surface area contributed by atoms with Gasteiger partial charge in [0, 0.05) is 11.1 Å². The molecule has 0 aromatic heterocycles. The van der Waals surface area contributed by atoms with Crippen LogP contribution < -0.4 is 5.32 Å². The zero-order valence-corrected chi connectivity index (χ0v) is 15.3. The van der Waals surface area contributed by atoms with Crippen LogP contribution in [0.25, 0.3) is 11.6 Å². The van der Waals surface area contributed by atoms with Crippen LogP contribution in [-0.2, 0) is 4.79 Å². The van der Waals surface area contributed by atoms with Crippen molar-refractivity contribution in [3.63, 3.8) is 0 Å². The fraction of sp³-hybridized carbons (Fsp3) is 0. The van der Waals surface area contributed by atoms with Crippen LogP contribution >= 0.6 is 45.2 Å². The second-order valence-electron chi connectivity index (χ2n) is 4.72. The smallest absolute Gasteiger partial charge is 0.256 e. The highest BCUT2D eigenvalue weighted by Gasteiger charge is 2.24. The lowest BCUT2D eigenvalue weighted by Crippen LogP contribution is -2.03. The van der Waals surface area contributed by atoms with Crippen LogP contribution in [0.2, 0.25) is 0 Å². The minimum Gasteiger partial charge on any atom is -0.506 e. The molecule has 2 aromatic carbocycles. The van der Waals surface area contributed by atoms with E-state index >= 15 is 0 Å². The second-order valence-corrected chi connectivity index (χ2v) is 7.04. The van der Waals surface area contributed by atoms with Crippen molar-refractivity contribution in [2.45, 2.75) is 0 Å². The lowest BCUT2D eigenvalue weighted by atomic mass is 10.0. The second kappa shape index (κ2) is 5.89. The van der Waals surface area contributed by atoms with E-state index < -0.39 is 0 Å². The number of benzene rings is 2. The Bertz CT molecular complexity index is 859. The molecule has 0 saturated carbocycles. The van der Waals surface area contributed by atoms with Gasteiger partial charge in [-0.2, -0.15) is 5.26 Å². The molecule has 1 heterocycles. The minimum atomic E-state index is -0.191. The van der Waals surface area contributed by atoms with Gasteiger partial charge in [-0.05, 0) is 81.1 Å². The molecular weight excluding hydrogens is 506 g/mol. The normalized spacial score (nSPS) is 14.6. The molecule has 3 rings (SSSR count). The highest BCUT2D eigenvalue weighted by molar-refractivity contribution is 14.1. The summed E-state index contributed by atoms with van der Waals surface area (Å²) in [4.78, 5) is 12.2. The number of hydrogen-bond acceptors (Lipinski definition) is 3. The van der Waals surface area contributed by atoms with Gasteiger partial charge in [-0.15, -0.1) is 0 Å². The molecule has 1 aliphatic heterocycles. The van der Waals surface area contributed by atoms with Crippen molar-refractivity contribution in [2.75, 3.05) is 5.32 Å². The van der Waals surface area contributed by atoms with Gasteiger partial charge in [0.25, 0.3) is 5.91 Å². The van der Waals surface area contributed by atoms with Crippen molar-refractivity contribution in [1.82, 2.24) is 0 Å². The standard InChI is InChI=1S/C16H8I2N2O2/c17-12-4-9(5-13(18)15(12)21)3-11-10-2-1-8(7-19)6-14(10)20-16(11)22/h1-6,21H,(H,20,22). The average molecular weight is 514 g/mol. The fourth-order valence-corrected chi connectivity index (χ4v) is 4.06. The Hall–Kier alpha value is -1.60. The number of phenols is 1. The van der Waals surface area contributed by atoms with E-state index in [1.165, 1.54) is 0 Å². The molecule has 0 atom stereocenters. The Balaban J connectivity index is 2.10. The number of fused-ring (bicyclic) bond motifs is 1. The maximum Gasteiger partial charge on any atom is 0.256 e. The highest BCUT2D eigenvalue weighted by Crippen LogP contribution is 2.35. The van der Waals surface area contributed by atoms with E-state index in [0.717, 1.165) is 18.3 Å². The molecule has 0 saturated heterocycles. The number of rotatable bonds is 1. The van der Waals surface area contributed by atoms with E-state index in [4.69, 9.17) is 5.26 Å². The Morgan fingerprint density at radius 3 is 2.50 bits per heavy atom. The van der Waals surface area contributed by atoms with Crippen LogP contribution in [-0.4, -0.2) is 11.0 Å². The molecule has 0 aliphatic carbocycles. The molecule has 4 nitrogen and oxygen atoms in total. The van der Waals surface area contributed by atoms with Gasteiger partial charge in [-0.1, -0.05) is 6.07 Å². The predicted octanol–water partition coefficient (Wildman–Crippen LogP) is 3.97. The van der Waals surface area contributed by atoms with Crippen molar-refractivity contribution in [2.24, 2.45) is 0 Å². The van der Waals surface area contributed by atoms with Gasteiger partial charge in [0.15, 0.2) is 0 Å². The number of nitrogens with one attached hydrogen (secondary N) is 1. The molecule has 2 N–H and O–H groups in total. The molecule has 1 aliphatic rings. The summed E-state index contributed by atoms with van der Waals surface area (Å²) < 4.78 is 1.46. The SMILES string of the molecule is N#Cc1ccc2c(c1)NC(=O)C2=Cc1cc(I)c(O)c(I)c1. The number of carbonyl (C=O) groups excluding carboxylic acids is 1. The van der Waals surface area contributed by atoms with E-state index in [2.05, 4.69) is 56.6 Å². The van der Waals surface area contributed by atoms with Gasteiger partial charge in [-0.3, -0.25) is 4.79 Å². The molecule has 1 amide bonds. The average Bonchev–Trinajstić information content (AvgIpc) is 2.79.